The van der Waals surface area contributed by atoms with Gasteiger partial charge in [0.1, 0.15) is 11.9 Å². The maximum atomic E-state index is 14.3. The summed E-state index contributed by atoms with van der Waals surface area (Å²) in [7, 11) is -3.56. The van der Waals surface area contributed by atoms with Gasteiger partial charge in [-0.1, -0.05) is 44.2 Å². The van der Waals surface area contributed by atoms with Crippen molar-refractivity contribution in [2.45, 2.75) is 59.0 Å². The Kier molecular flexibility index (Phi) is 10.7. The van der Waals surface area contributed by atoms with Crippen LogP contribution in [0, 0.1) is 5.82 Å². The SMILES string of the molecule is CCCNC(=O)[C@H](C)N(Cc1ccccc1F)C(=O)CCCN(c1ccc(CC)cc1)S(C)(=O)=O. The van der Waals surface area contributed by atoms with Gasteiger partial charge in [-0.25, -0.2) is 12.8 Å². The number of anilines is 1. The number of halogens is 1. The summed E-state index contributed by atoms with van der Waals surface area (Å²) >= 11 is 0. The molecule has 9 heteroatoms. The van der Waals surface area contributed by atoms with Crippen molar-refractivity contribution in [3.05, 3.63) is 65.5 Å². The molecule has 0 heterocycles. The van der Waals surface area contributed by atoms with Crippen LogP contribution in [0.25, 0.3) is 0 Å². The number of aryl methyl sites for hydroxylation is 1. The van der Waals surface area contributed by atoms with Crippen LogP contribution in [0.3, 0.4) is 0 Å². The molecule has 2 aromatic carbocycles. The maximum absolute atomic E-state index is 14.3. The first-order valence-electron chi connectivity index (χ1n) is 12.0. The van der Waals surface area contributed by atoms with E-state index < -0.39 is 21.9 Å². The molecule has 2 rings (SSSR count). The van der Waals surface area contributed by atoms with Crippen molar-refractivity contribution in [2.24, 2.45) is 0 Å². The molecule has 0 spiro atoms. The van der Waals surface area contributed by atoms with Crippen molar-refractivity contribution in [1.29, 1.82) is 0 Å². The van der Waals surface area contributed by atoms with Crippen molar-refractivity contribution >= 4 is 27.5 Å². The van der Waals surface area contributed by atoms with Crippen molar-refractivity contribution in [1.82, 2.24) is 10.2 Å². The van der Waals surface area contributed by atoms with E-state index >= 15 is 0 Å². The summed E-state index contributed by atoms with van der Waals surface area (Å²) in [6.07, 6.45) is 2.99. The molecule has 0 radical (unpaired) electrons. The van der Waals surface area contributed by atoms with Crippen LogP contribution < -0.4 is 9.62 Å². The van der Waals surface area contributed by atoms with Crippen molar-refractivity contribution in [2.75, 3.05) is 23.7 Å². The fraction of sp³-hybridized carbons (Fsp3) is 0.462. The lowest BCUT2D eigenvalue weighted by Crippen LogP contribution is -2.48. The van der Waals surface area contributed by atoms with Gasteiger partial charge in [0.05, 0.1) is 11.9 Å². The number of benzene rings is 2. The number of amides is 2. The molecule has 192 valence electrons. The zero-order chi connectivity index (χ0) is 26.0. The molecule has 0 aliphatic carbocycles. The van der Waals surface area contributed by atoms with E-state index in [-0.39, 0.29) is 37.7 Å². The van der Waals surface area contributed by atoms with Crippen LogP contribution in [-0.2, 0) is 32.6 Å². The highest BCUT2D eigenvalue weighted by Gasteiger charge is 2.27. The van der Waals surface area contributed by atoms with E-state index in [1.54, 1.807) is 37.3 Å². The average molecular weight is 506 g/mol. The number of nitrogens with one attached hydrogen (secondary N) is 1. The van der Waals surface area contributed by atoms with Crippen molar-refractivity contribution < 1.29 is 22.4 Å². The van der Waals surface area contributed by atoms with E-state index in [4.69, 9.17) is 0 Å². The topological polar surface area (TPSA) is 86.8 Å². The quantitative estimate of drug-likeness (QED) is 0.448. The molecule has 0 aliphatic heterocycles. The van der Waals surface area contributed by atoms with E-state index in [1.165, 1.54) is 15.3 Å². The number of nitrogens with zero attached hydrogens (tertiary/aromatic N) is 2. The van der Waals surface area contributed by atoms with E-state index in [1.807, 2.05) is 26.0 Å². The Labute approximate surface area is 208 Å². The first kappa shape index (κ1) is 28.3. The number of rotatable bonds is 13. The van der Waals surface area contributed by atoms with Gasteiger partial charge in [0.25, 0.3) is 0 Å². The van der Waals surface area contributed by atoms with Gasteiger partial charge in [0, 0.05) is 31.6 Å². The molecule has 2 amide bonds. The molecule has 0 aromatic heterocycles. The van der Waals surface area contributed by atoms with Gasteiger partial charge in [-0.15, -0.1) is 0 Å². The zero-order valence-corrected chi connectivity index (χ0v) is 21.8. The predicted molar refractivity (Wildman–Crippen MR) is 137 cm³/mol. The second kappa shape index (κ2) is 13.2. The van der Waals surface area contributed by atoms with E-state index in [0.29, 0.717) is 17.8 Å². The third-order valence-electron chi connectivity index (χ3n) is 5.80. The van der Waals surface area contributed by atoms with E-state index in [2.05, 4.69) is 5.32 Å². The lowest BCUT2D eigenvalue weighted by molar-refractivity contribution is -0.140. The molecule has 1 atom stereocenters. The number of carbonyl (C=O) groups excluding carboxylic acids is 2. The molecular weight excluding hydrogens is 469 g/mol. The van der Waals surface area contributed by atoms with Crippen LogP contribution in [-0.4, -0.2) is 50.5 Å². The Morgan fingerprint density at radius 3 is 2.29 bits per heavy atom. The van der Waals surface area contributed by atoms with Crippen molar-refractivity contribution in [3.63, 3.8) is 0 Å². The second-order valence-corrected chi connectivity index (χ2v) is 10.4. The van der Waals surface area contributed by atoms with Crippen LogP contribution in [0.2, 0.25) is 0 Å². The van der Waals surface area contributed by atoms with Crippen molar-refractivity contribution in [3.8, 4) is 0 Å². The fourth-order valence-corrected chi connectivity index (χ4v) is 4.66. The number of carbonyl (C=O) groups is 2. The van der Waals surface area contributed by atoms with Gasteiger partial charge in [-0.2, -0.15) is 0 Å². The molecule has 1 N–H and O–H groups in total. The van der Waals surface area contributed by atoms with Crippen LogP contribution in [0.4, 0.5) is 10.1 Å². The molecule has 0 saturated carbocycles. The molecule has 0 unspecified atom stereocenters. The van der Waals surface area contributed by atoms with Crippen LogP contribution in [0.15, 0.2) is 48.5 Å². The average Bonchev–Trinajstić information content (AvgIpc) is 2.83. The molecule has 0 aliphatic rings. The Balaban J connectivity index is 2.16. The molecule has 35 heavy (non-hydrogen) atoms. The summed E-state index contributed by atoms with van der Waals surface area (Å²) in [6, 6.07) is 12.6. The Morgan fingerprint density at radius 2 is 1.71 bits per heavy atom. The summed E-state index contributed by atoms with van der Waals surface area (Å²) in [6.45, 7) is 6.09. The highest BCUT2D eigenvalue weighted by molar-refractivity contribution is 7.92. The minimum Gasteiger partial charge on any atom is -0.354 e. The number of sulfonamides is 1. The van der Waals surface area contributed by atoms with Gasteiger partial charge in [0.2, 0.25) is 21.8 Å². The lowest BCUT2D eigenvalue weighted by atomic mass is 10.1. The largest absolute Gasteiger partial charge is 0.354 e. The summed E-state index contributed by atoms with van der Waals surface area (Å²) in [5, 5.41) is 2.78. The Morgan fingerprint density at radius 1 is 1.06 bits per heavy atom. The maximum Gasteiger partial charge on any atom is 0.242 e. The lowest BCUT2D eigenvalue weighted by Gasteiger charge is -2.29. The number of hydrogen-bond donors (Lipinski definition) is 1. The van der Waals surface area contributed by atoms with Crippen LogP contribution in [0.5, 0.6) is 0 Å². The van der Waals surface area contributed by atoms with Gasteiger partial charge < -0.3 is 10.2 Å². The Bertz CT molecular complexity index is 1090. The number of hydrogen-bond acceptors (Lipinski definition) is 4. The summed E-state index contributed by atoms with van der Waals surface area (Å²) in [4.78, 5) is 27.1. The molecule has 2 aromatic rings. The van der Waals surface area contributed by atoms with Gasteiger partial charge in [-0.05, 0) is 49.9 Å². The third kappa shape index (κ3) is 8.35. The normalized spacial score (nSPS) is 12.1. The highest BCUT2D eigenvalue weighted by atomic mass is 32.2. The molecule has 0 saturated heterocycles. The first-order chi connectivity index (χ1) is 16.6. The standard InChI is InChI=1S/C26H36FN3O4S/c1-5-17-28-26(32)20(3)29(19-22-10-7-8-11-24(22)27)25(31)12-9-18-30(35(4,33)34)23-15-13-21(6-2)14-16-23/h7-8,10-11,13-16,20H,5-6,9,12,17-19H2,1-4H3,(H,28,32)/t20-/m0/s1. The molecular formula is C26H36FN3O4S. The fourth-order valence-electron chi connectivity index (χ4n) is 3.69. The van der Waals surface area contributed by atoms with Gasteiger partial charge in [-0.3, -0.25) is 13.9 Å². The first-order valence-corrected chi connectivity index (χ1v) is 13.8. The summed E-state index contributed by atoms with van der Waals surface area (Å²) < 4.78 is 40.4. The highest BCUT2D eigenvalue weighted by Crippen LogP contribution is 2.20. The minimum atomic E-state index is -3.56. The van der Waals surface area contributed by atoms with Crippen LogP contribution in [0.1, 0.15) is 51.2 Å². The monoisotopic (exact) mass is 505 g/mol. The third-order valence-corrected chi connectivity index (χ3v) is 6.99. The Hall–Kier alpha value is -2.94. The molecule has 0 bridgehead atoms. The van der Waals surface area contributed by atoms with Crippen LogP contribution >= 0.6 is 0 Å². The van der Waals surface area contributed by atoms with Gasteiger partial charge >= 0.3 is 0 Å². The van der Waals surface area contributed by atoms with Gasteiger partial charge in [0.15, 0.2) is 0 Å². The summed E-state index contributed by atoms with van der Waals surface area (Å²) in [5.74, 6) is -1.11. The molecule has 0 fully saturated rings. The predicted octanol–water partition coefficient (Wildman–Crippen LogP) is 3.88. The smallest absolute Gasteiger partial charge is 0.242 e. The summed E-state index contributed by atoms with van der Waals surface area (Å²) in [5.41, 5.74) is 1.94. The van der Waals surface area contributed by atoms with E-state index in [9.17, 15) is 22.4 Å². The molecule has 7 nitrogen and oxygen atoms in total. The zero-order valence-electron chi connectivity index (χ0n) is 21.0. The van der Waals surface area contributed by atoms with E-state index in [0.717, 1.165) is 24.7 Å². The minimum absolute atomic E-state index is 0.0128. The second-order valence-electron chi connectivity index (χ2n) is 8.54.